The first-order valence-electron chi connectivity index (χ1n) is 5.14. The molecule has 0 aliphatic carbocycles. The summed E-state index contributed by atoms with van der Waals surface area (Å²) in [6.07, 6.45) is 5.17. The predicted molar refractivity (Wildman–Crippen MR) is 73.2 cm³/mol. The van der Waals surface area contributed by atoms with E-state index >= 15 is 0 Å². The molecule has 0 aliphatic heterocycles. The monoisotopic (exact) mass is 311 g/mol. The van der Waals surface area contributed by atoms with Crippen LogP contribution in [0.3, 0.4) is 0 Å². The van der Waals surface area contributed by atoms with Gasteiger partial charge in [-0.1, -0.05) is 11.6 Å². The normalized spacial score (nSPS) is 12.2. The average Bonchev–Trinajstić information content (AvgIpc) is 2.34. The van der Waals surface area contributed by atoms with Crippen molar-refractivity contribution in [1.29, 1.82) is 0 Å². The van der Waals surface area contributed by atoms with Crippen molar-refractivity contribution in [3.8, 4) is 0 Å². The second-order valence-electron chi connectivity index (χ2n) is 3.63. The van der Waals surface area contributed by atoms with Crippen LogP contribution in [0, 0.1) is 0 Å². The second kappa shape index (κ2) is 5.47. The smallest absolute Gasteiger partial charge is 0.140 e. The Hall–Kier alpha value is -1.13. The number of aromatic nitrogens is 2. The highest BCUT2D eigenvalue weighted by atomic mass is 79.9. The highest BCUT2D eigenvalue weighted by Crippen LogP contribution is 2.26. The molecule has 0 amide bonds. The van der Waals surface area contributed by atoms with Crippen molar-refractivity contribution < 1.29 is 0 Å². The third kappa shape index (κ3) is 3.17. The summed E-state index contributed by atoms with van der Waals surface area (Å²) in [5.41, 5.74) is 1.16. The molecule has 0 saturated carbocycles. The van der Waals surface area contributed by atoms with Crippen LogP contribution in [0.2, 0.25) is 5.02 Å². The summed E-state index contributed by atoms with van der Waals surface area (Å²) in [5.74, 6) is 0.777. The van der Waals surface area contributed by atoms with Crippen molar-refractivity contribution >= 4 is 33.3 Å². The Morgan fingerprint density at radius 2 is 2.06 bits per heavy atom. The van der Waals surface area contributed by atoms with Crippen LogP contribution in [-0.2, 0) is 0 Å². The standard InChI is InChI=1S/C12H11BrClN3/c1-8(9-2-4-15-5-3-9)17-12-11(13)6-10(14)7-16-12/h2-8H,1H3,(H,16,17). The molecule has 0 radical (unpaired) electrons. The molecule has 1 unspecified atom stereocenters. The Bertz CT molecular complexity index is 504. The van der Waals surface area contributed by atoms with Gasteiger partial charge in [-0.2, -0.15) is 0 Å². The minimum atomic E-state index is 0.156. The molecule has 3 nitrogen and oxygen atoms in total. The van der Waals surface area contributed by atoms with Crippen LogP contribution < -0.4 is 5.32 Å². The zero-order valence-electron chi connectivity index (χ0n) is 9.19. The first-order chi connectivity index (χ1) is 8.16. The Balaban J connectivity index is 2.16. The maximum absolute atomic E-state index is 5.84. The number of rotatable bonds is 3. The van der Waals surface area contributed by atoms with Crippen LogP contribution in [0.4, 0.5) is 5.82 Å². The largest absolute Gasteiger partial charge is 0.363 e. The minimum absolute atomic E-state index is 0.156. The maximum Gasteiger partial charge on any atom is 0.140 e. The molecule has 2 aromatic heterocycles. The number of hydrogen-bond acceptors (Lipinski definition) is 3. The Kier molecular flexibility index (Phi) is 3.97. The molecular weight excluding hydrogens is 302 g/mol. The Morgan fingerprint density at radius 3 is 2.71 bits per heavy atom. The Morgan fingerprint density at radius 1 is 1.35 bits per heavy atom. The van der Waals surface area contributed by atoms with E-state index in [2.05, 4.69) is 38.1 Å². The van der Waals surface area contributed by atoms with Gasteiger partial charge in [0.15, 0.2) is 0 Å². The number of pyridine rings is 2. The number of hydrogen-bond donors (Lipinski definition) is 1. The SMILES string of the molecule is CC(Nc1ncc(Cl)cc1Br)c1ccncc1. The molecule has 1 atom stereocenters. The van der Waals surface area contributed by atoms with Crippen molar-refractivity contribution in [2.45, 2.75) is 13.0 Å². The van der Waals surface area contributed by atoms with Gasteiger partial charge in [-0.3, -0.25) is 4.98 Å². The Labute approximate surface area is 113 Å². The molecule has 2 rings (SSSR count). The number of anilines is 1. The fourth-order valence-corrected chi connectivity index (χ4v) is 2.21. The van der Waals surface area contributed by atoms with E-state index in [0.29, 0.717) is 5.02 Å². The summed E-state index contributed by atoms with van der Waals surface area (Å²) >= 11 is 9.27. The summed E-state index contributed by atoms with van der Waals surface area (Å²) in [6.45, 7) is 2.07. The van der Waals surface area contributed by atoms with Crippen LogP contribution in [0.15, 0.2) is 41.3 Å². The van der Waals surface area contributed by atoms with Gasteiger partial charge < -0.3 is 5.32 Å². The summed E-state index contributed by atoms with van der Waals surface area (Å²) in [4.78, 5) is 8.23. The van der Waals surface area contributed by atoms with Gasteiger partial charge in [0.25, 0.3) is 0 Å². The third-order valence-corrected chi connectivity index (χ3v) is 3.18. The van der Waals surface area contributed by atoms with E-state index in [1.807, 2.05) is 18.2 Å². The lowest BCUT2D eigenvalue weighted by molar-refractivity contribution is 0.869. The van der Waals surface area contributed by atoms with Crippen LogP contribution in [0.1, 0.15) is 18.5 Å². The molecule has 0 bridgehead atoms. The first-order valence-corrected chi connectivity index (χ1v) is 6.31. The highest BCUT2D eigenvalue weighted by molar-refractivity contribution is 9.10. The molecule has 0 spiro atoms. The van der Waals surface area contributed by atoms with Crippen molar-refractivity contribution in [2.75, 3.05) is 5.32 Å². The molecule has 2 heterocycles. The van der Waals surface area contributed by atoms with Gasteiger partial charge in [-0.05, 0) is 46.6 Å². The molecule has 0 aliphatic rings. The van der Waals surface area contributed by atoms with Gasteiger partial charge in [-0.25, -0.2) is 4.98 Å². The van der Waals surface area contributed by atoms with Crippen LogP contribution >= 0.6 is 27.5 Å². The van der Waals surface area contributed by atoms with E-state index in [1.165, 1.54) is 0 Å². The summed E-state index contributed by atoms with van der Waals surface area (Å²) in [7, 11) is 0. The fraction of sp³-hybridized carbons (Fsp3) is 0.167. The minimum Gasteiger partial charge on any atom is -0.363 e. The lowest BCUT2D eigenvalue weighted by atomic mass is 10.1. The van der Waals surface area contributed by atoms with Gasteiger partial charge in [-0.15, -0.1) is 0 Å². The van der Waals surface area contributed by atoms with Gasteiger partial charge in [0, 0.05) is 18.6 Å². The fourth-order valence-electron chi connectivity index (χ4n) is 1.46. The van der Waals surface area contributed by atoms with E-state index in [0.717, 1.165) is 15.9 Å². The highest BCUT2D eigenvalue weighted by Gasteiger charge is 2.08. The zero-order valence-corrected chi connectivity index (χ0v) is 11.5. The molecular formula is C12H11BrClN3. The van der Waals surface area contributed by atoms with E-state index in [-0.39, 0.29) is 6.04 Å². The van der Waals surface area contributed by atoms with Crippen molar-refractivity contribution in [3.05, 3.63) is 51.8 Å². The molecule has 88 valence electrons. The number of halogens is 2. The van der Waals surface area contributed by atoms with E-state index in [1.54, 1.807) is 18.6 Å². The molecule has 5 heteroatoms. The third-order valence-electron chi connectivity index (χ3n) is 2.37. The molecule has 1 N–H and O–H groups in total. The van der Waals surface area contributed by atoms with Crippen molar-refractivity contribution in [3.63, 3.8) is 0 Å². The molecule has 0 saturated heterocycles. The molecule has 0 fully saturated rings. The second-order valence-corrected chi connectivity index (χ2v) is 4.92. The van der Waals surface area contributed by atoms with E-state index in [9.17, 15) is 0 Å². The number of nitrogens with one attached hydrogen (secondary N) is 1. The van der Waals surface area contributed by atoms with E-state index in [4.69, 9.17) is 11.6 Å². The van der Waals surface area contributed by atoms with Crippen LogP contribution in [0.25, 0.3) is 0 Å². The van der Waals surface area contributed by atoms with E-state index < -0.39 is 0 Å². The maximum atomic E-state index is 5.84. The average molecular weight is 313 g/mol. The summed E-state index contributed by atoms with van der Waals surface area (Å²) in [5, 5.41) is 3.92. The van der Waals surface area contributed by atoms with Crippen molar-refractivity contribution in [2.24, 2.45) is 0 Å². The van der Waals surface area contributed by atoms with Crippen molar-refractivity contribution in [1.82, 2.24) is 9.97 Å². The van der Waals surface area contributed by atoms with Gasteiger partial charge in [0.05, 0.1) is 15.5 Å². The zero-order chi connectivity index (χ0) is 12.3. The number of nitrogens with zero attached hydrogens (tertiary/aromatic N) is 2. The molecule has 0 aromatic carbocycles. The van der Waals surface area contributed by atoms with Crippen LogP contribution in [0.5, 0.6) is 0 Å². The first kappa shape index (κ1) is 12.3. The molecule has 2 aromatic rings. The predicted octanol–water partition coefficient (Wildman–Crippen LogP) is 4.07. The lowest BCUT2D eigenvalue weighted by Gasteiger charge is -2.15. The van der Waals surface area contributed by atoms with Gasteiger partial charge in [0.2, 0.25) is 0 Å². The topological polar surface area (TPSA) is 37.8 Å². The lowest BCUT2D eigenvalue weighted by Crippen LogP contribution is -2.08. The quantitative estimate of drug-likeness (QED) is 0.928. The van der Waals surface area contributed by atoms with Gasteiger partial charge in [0.1, 0.15) is 5.82 Å². The van der Waals surface area contributed by atoms with Gasteiger partial charge >= 0.3 is 0 Å². The molecule has 17 heavy (non-hydrogen) atoms. The summed E-state index contributed by atoms with van der Waals surface area (Å²) in [6, 6.07) is 5.92. The van der Waals surface area contributed by atoms with Crippen LogP contribution in [-0.4, -0.2) is 9.97 Å². The summed E-state index contributed by atoms with van der Waals surface area (Å²) < 4.78 is 0.853.